The van der Waals surface area contributed by atoms with Crippen LogP contribution < -0.4 is 0 Å². The van der Waals surface area contributed by atoms with Crippen LogP contribution in [0.5, 0.6) is 0 Å². The molecule has 0 aliphatic carbocycles. The first-order chi connectivity index (χ1) is 1.73. The molecule has 38 valence electrons. The summed E-state index contributed by atoms with van der Waals surface area (Å²) in [5, 5.41) is 0. The zero-order chi connectivity index (χ0) is 3.58. The van der Waals surface area contributed by atoms with Gasteiger partial charge in [0.25, 0.3) is 0 Å². The second-order valence-corrected chi connectivity index (χ2v) is 0.848. The molecule has 0 fully saturated rings. The Bertz CT molecular complexity index is 35.9. The first kappa shape index (κ1) is 24.0. The van der Waals surface area contributed by atoms with Gasteiger partial charge in [0.2, 0.25) is 0 Å². The van der Waals surface area contributed by atoms with Gasteiger partial charge in [-0.05, 0) is 0 Å². The molecule has 0 saturated carbocycles. The third-order valence-corrected chi connectivity index (χ3v) is 0. The molecule has 0 amide bonds. The molecule has 0 aromatic heterocycles. The minimum absolute atomic E-state index is 0. The van der Waals surface area contributed by atoms with Crippen molar-refractivity contribution in [3.63, 3.8) is 0 Å². The van der Waals surface area contributed by atoms with E-state index < -0.39 is 9.17 Å². The van der Waals surface area contributed by atoms with Crippen molar-refractivity contribution in [2.45, 2.75) is 0 Å². The van der Waals surface area contributed by atoms with E-state index >= 15 is 0 Å². The normalized spacial score (nSPS) is 3.43. The molecule has 7 heavy (non-hydrogen) atoms. The summed E-state index contributed by atoms with van der Waals surface area (Å²) in [4.78, 5) is 14.3. The number of rotatable bonds is 0. The average Bonchev–Trinajstić information content (AvgIpc) is 0.811. The van der Waals surface area contributed by atoms with Crippen LogP contribution >= 0.6 is 0 Å². The van der Waals surface area contributed by atoms with E-state index in [1.807, 2.05) is 0 Å². The van der Waals surface area contributed by atoms with Crippen LogP contribution in [0.3, 0.4) is 0 Å². The van der Waals surface area contributed by atoms with Gasteiger partial charge in [-0.15, -0.1) is 0 Å². The Labute approximate surface area is 76.5 Å². The molecule has 0 heterocycles. The molecule has 0 aliphatic heterocycles. The van der Waals surface area contributed by atoms with Gasteiger partial charge < -0.3 is 9.59 Å². The summed E-state index contributed by atoms with van der Waals surface area (Å²) >= 11 is 0. The molecular formula is H9Al2LiO3Si. The van der Waals surface area contributed by atoms with E-state index in [0.717, 1.165) is 0 Å². The molecule has 0 atom stereocenters. The Morgan fingerprint density at radius 1 is 1.14 bits per heavy atom. The maximum absolute atomic E-state index is 8.74. The summed E-state index contributed by atoms with van der Waals surface area (Å²) in [6.45, 7) is 0. The van der Waals surface area contributed by atoms with Crippen LogP contribution in [-0.2, 0) is 4.46 Å². The van der Waals surface area contributed by atoms with E-state index in [-0.39, 0.29) is 53.6 Å². The van der Waals surface area contributed by atoms with Gasteiger partial charge in [0.05, 0.1) is 0 Å². The van der Waals surface area contributed by atoms with E-state index in [0.29, 0.717) is 0 Å². The molecule has 0 unspecified atom stereocenters. The standard InChI is InChI=1S/2Al.Li.H2O3Si.7H/c;;;1-4(2)3;;;;;;;/h;;;1-2H;;;;;;;. The van der Waals surface area contributed by atoms with Crippen LogP contribution in [-0.4, -0.2) is 72.3 Å². The predicted octanol–water partition coefficient (Wildman–Crippen LogP) is -4.63. The third kappa shape index (κ3) is 124. The topological polar surface area (TPSA) is 57.5 Å². The van der Waals surface area contributed by atoms with Gasteiger partial charge in [-0.2, -0.15) is 0 Å². The average molecular weight is 146 g/mol. The Balaban J connectivity index is -0.0000000150. The van der Waals surface area contributed by atoms with Gasteiger partial charge in [-0.1, -0.05) is 0 Å². The third-order valence-electron chi connectivity index (χ3n) is 0. The van der Waals surface area contributed by atoms with Crippen molar-refractivity contribution in [1.82, 2.24) is 0 Å². The fraction of sp³-hybridized carbons (Fsp3) is 0. The van der Waals surface area contributed by atoms with Crippen LogP contribution in [0.2, 0.25) is 0 Å². The Hall–Kier alpha value is 1.28. The van der Waals surface area contributed by atoms with Crippen molar-refractivity contribution < 1.29 is 14.1 Å². The van der Waals surface area contributed by atoms with Crippen molar-refractivity contribution >= 4 is 62.8 Å². The summed E-state index contributed by atoms with van der Waals surface area (Å²) in [6.07, 6.45) is 0. The van der Waals surface area contributed by atoms with E-state index in [2.05, 4.69) is 0 Å². The van der Waals surface area contributed by atoms with E-state index in [1.54, 1.807) is 0 Å². The second-order valence-electron chi connectivity index (χ2n) is 0.283. The van der Waals surface area contributed by atoms with Gasteiger partial charge in [0, 0.05) is 0 Å². The Kier molecular flexibility index (Phi) is 53.6. The Morgan fingerprint density at radius 2 is 1.14 bits per heavy atom. The van der Waals surface area contributed by atoms with Crippen molar-refractivity contribution in [3.05, 3.63) is 0 Å². The van der Waals surface area contributed by atoms with Crippen molar-refractivity contribution in [2.24, 2.45) is 0 Å². The molecule has 0 spiro atoms. The molecule has 0 saturated heterocycles. The molecule has 0 rings (SSSR count). The summed E-state index contributed by atoms with van der Waals surface area (Å²) in [6, 6.07) is 0. The fourth-order valence-electron chi connectivity index (χ4n) is 0. The maximum atomic E-state index is 8.74. The molecular weight excluding hydrogens is 137 g/mol. The second kappa shape index (κ2) is 15.7. The van der Waals surface area contributed by atoms with Crippen molar-refractivity contribution in [3.8, 4) is 0 Å². The van der Waals surface area contributed by atoms with Crippen LogP contribution in [0.4, 0.5) is 0 Å². The van der Waals surface area contributed by atoms with Gasteiger partial charge in [0.1, 0.15) is 0 Å². The first-order valence-corrected chi connectivity index (χ1v) is 1.95. The van der Waals surface area contributed by atoms with Crippen LogP contribution in [0.1, 0.15) is 0 Å². The molecule has 7 heteroatoms. The SMILES string of the molecule is O=[Si](O)O.[AlH3].[AlH3].[LiH]. The van der Waals surface area contributed by atoms with Crippen molar-refractivity contribution in [1.29, 1.82) is 0 Å². The molecule has 3 nitrogen and oxygen atoms in total. The molecule has 0 aromatic rings. The van der Waals surface area contributed by atoms with Crippen LogP contribution in [0, 0.1) is 0 Å². The minimum atomic E-state index is -3.13. The molecule has 0 aromatic carbocycles. The molecule has 0 radical (unpaired) electrons. The zero-order valence-corrected chi connectivity index (χ0v) is 2.80. The summed E-state index contributed by atoms with van der Waals surface area (Å²) < 4.78 is 8.74. The van der Waals surface area contributed by atoms with Crippen LogP contribution in [0.15, 0.2) is 0 Å². The quantitative estimate of drug-likeness (QED) is 0.338. The van der Waals surface area contributed by atoms with Gasteiger partial charge in [-0.25, -0.2) is 0 Å². The molecule has 2 N–H and O–H groups in total. The number of hydrogen-bond donors (Lipinski definition) is 2. The van der Waals surface area contributed by atoms with Gasteiger partial charge in [-0.3, -0.25) is 4.46 Å². The summed E-state index contributed by atoms with van der Waals surface area (Å²) in [7, 11) is -3.13. The summed E-state index contributed by atoms with van der Waals surface area (Å²) in [5.41, 5.74) is 0. The summed E-state index contributed by atoms with van der Waals surface area (Å²) in [5.74, 6) is 0. The monoisotopic (exact) mass is 146 g/mol. The zero-order valence-electron chi connectivity index (χ0n) is 1.80. The van der Waals surface area contributed by atoms with E-state index in [1.165, 1.54) is 0 Å². The van der Waals surface area contributed by atoms with Gasteiger partial charge in [0.15, 0.2) is 34.7 Å². The van der Waals surface area contributed by atoms with E-state index in [9.17, 15) is 0 Å². The Morgan fingerprint density at radius 3 is 1.14 bits per heavy atom. The van der Waals surface area contributed by atoms with Crippen LogP contribution in [0.25, 0.3) is 0 Å². The van der Waals surface area contributed by atoms with E-state index in [4.69, 9.17) is 14.1 Å². The molecule has 0 aliphatic rings. The fourth-order valence-corrected chi connectivity index (χ4v) is 0. The first-order valence-electron chi connectivity index (χ1n) is 0.651. The predicted molar refractivity (Wildman–Crippen MR) is 37.9 cm³/mol. The number of hydrogen-bond acceptors (Lipinski definition) is 1. The molecule has 0 bridgehead atoms. The van der Waals surface area contributed by atoms with Gasteiger partial charge >= 0.3 is 28.0 Å². The van der Waals surface area contributed by atoms with Crippen molar-refractivity contribution in [2.75, 3.05) is 0 Å².